The molecule has 2 rings (SSSR count). The molecule has 0 aromatic heterocycles. The minimum absolute atomic E-state index is 0. The molecule has 4 nitrogen and oxygen atoms in total. The first-order valence-electron chi connectivity index (χ1n) is 6.39. The third kappa shape index (κ3) is 5.87. The fourth-order valence-electron chi connectivity index (χ4n) is 1.74. The van der Waals surface area contributed by atoms with Gasteiger partial charge in [-0.2, -0.15) is 0 Å². The van der Waals surface area contributed by atoms with Gasteiger partial charge in [-0.05, 0) is 35.4 Å². The van der Waals surface area contributed by atoms with Crippen molar-refractivity contribution in [3.8, 4) is 22.6 Å². The van der Waals surface area contributed by atoms with Crippen molar-refractivity contribution in [2.24, 2.45) is 0 Å². The normalized spacial score (nSPS) is 8.91. The van der Waals surface area contributed by atoms with Crippen molar-refractivity contribution in [3.05, 3.63) is 61.2 Å². The van der Waals surface area contributed by atoms with E-state index in [1.54, 1.807) is 7.11 Å². The third-order valence-electron chi connectivity index (χ3n) is 2.87. The summed E-state index contributed by atoms with van der Waals surface area (Å²) in [6.07, 6.45) is 1.09. The molecular weight excluding hydrogens is 292 g/mol. The van der Waals surface area contributed by atoms with Crippen molar-refractivity contribution >= 4 is 5.97 Å². The molecule has 0 aliphatic rings. The molecule has 0 bridgehead atoms. The number of carbonyl (C=O) groups excluding carboxylic acids is 1. The fraction of sp³-hybridized carbons (Fsp3) is 0.211. The third-order valence-corrected chi connectivity index (χ3v) is 2.87. The van der Waals surface area contributed by atoms with Gasteiger partial charge in [0.25, 0.3) is 0 Å². The van der Waals surface area contributed by atoms with E-state index < -0.39 is 5.97 Å². The summed E-state index contributed by atoms with van der Waals surface area (Å²) in [6.45, 7) is 3.17. The second-order valence-electron chi connectivity index (χ2n) is 4.18. The summed E-state index contributed by atoms with van der Waals surface area (Å²) in [5, 5.41) is 0. The molecule has 0 spiro atoms. The van der Waals surface area contributed by atoms with Gasteiger partial charge < -0.3 is 14.2 Å². The largest absolute Gasteiger partial charge is 0.497 e. The zero-order chi connectivity index (χ0) is 15.1. The first-order valence-corrected chi connectivity index (χ1v) is 6.39. The molecule has 2 aromatic carbocycles. The Morgan fingerprint density at radius 2 is 1.43 bits per heavy atom. The number of methoxy groups -OCH3 is 1. The average Bonchev–Trinajstić information content (AvgIpc) is 2.55. The summed E-state index contributed by atoms with van der Waals surface area (Å²) < 4.78 is 15.2. The number of ether oxygens (including phenoxy) is 3. The Balaban J connectivity index is 0.00000242. The van der Waals surface area contributed by atoms with Crippen molar-refractivity contribution in [1.82, 2.24) is 0 Å². The van der Waals surface area contributed by atoms with Crippen LogP contribution in [0.3, 0.4) is 0 Å². The molecule has 0 heterocycles. The minimum Gasteiger partial charge on any atom is -0.497 e. The van der Waals surface area contributed by atoms with Gasteiger partial charge in [-0.3, -0.25) is 0 Å². The van der Waals surface area contributed by atoms with E-state index in [0.29, 0.717) is 5.75 Å². The van der Waals surface area contributed by atoms with E-state index in [2.05, 4.69) is 6.58 Å². The fourth-order valence-corrected chi connectivity index (χ4v) is 1.74. The van der Waals surface area contributed by atoms with Crippen molar-refractivity contribution in [1.29, 1.82) is 0 Å². The number of benzene rings is 2. The molecule has 0 fully saturated rings. The quantitative estimate of drug-likeness (QED) is 0.440. The molecular formula is C19H24O4. The number of esters is 1. The van der Waals surface area contributed by atoms with Crippen LogP contribution in [0.1, 0.15) is 14.9 Å². The summed E-state index contributed by atoms with van der Waals surface area (Å²) >= 11 is 0. The second kappa shape index (κ2) is 10.1. The Morgan fingerprint density at radius 1 is 0.957 bits per heavy atom. The van der Waals surface area contributed by atoms with Crippen molar-refractivity contribution in [3.63, 3.8) is 0 Å². The van der Waals surface area contributed by atoms with Crippen LogP contribution >= 0.6 is 0 Å². The molecule has 0 saturated heterocycles. The van der Waals surface area contributed by atoms with Crippen molar-refractivity contribution < 1.29 is 19.0 Å². The molecule has 0 aliphatic carbocycles. The molecule has 4 heteroatoms. The van der Waals surface area contributed by atoms with Gasteiger partial charge in [0.05, 0.1) is 7.11 Å². The summed E-state index contributed by atoms with van der Waals surface area (Å²) in [4.78, 5) is 10.9. The lowest BCUT2D eigenvalue weighted by Crippen LogP contribution is -2.07. The summed E-state index contributed by atoms with van der Waals surface area (Å²) in [7, 11) is 1.64. The maximum Gasteiger partial charge on any atom is 0.333 e. The molecule has 0 unspecified atom stereocenters. The lowest BCUT2D eigenvalue weighted by Gasteiger charge is -2.07. The predicted molar refractivity (Wildman–Crippen MR) is 93.7 cm³/mol. The molecule has 0 saturated carbocycles. The zero-order valence-electron chi connectivity index (χ0n) is 11.7. The van der Waals surface area contributed by atoms with Gasteiger partial charge in [0.1, 0.15) is 11.5 Å². The minimum atomic E-state index is -0.509. The number of rotatable bonds is 6. The highest BCUT2D eigenvalue weighted by molar-refractivity contribution is 5.81. The molecule has 0 aliphatic heterocycles. The van der Waals surface area contributed by atoms with E-state index >= 15 is 0 Å². The first-order chi connectivity index (χ1) is 10.2. The monoisotopic (exact) mass is 316 g/mol. The molecule has 0 atom stereocenters. The summed E-state index contributed by atoms with van der Waals surface area (Å²) in [5.74, 6) is 0.941. The summed E-state index contributed by atoms with van der Waals surface area (Å²) in [6, 6.07) is 15.3. The number of carbonyl (C=O) groups is 1. The molecule has 2 aromatic rings. The van der Waals surface area contributed by atoms with Crippen LogP contribution in [-0.2, 0) is 9.53 Å². The molecule has 0 amide bonds. The maximum atomic E-state index is 10.9. The number of hydrogen-bond donors (Lipinski definition) is 0. The van der Waals surface area contributed by atoms with Crippen LogP contribution in [0, 0.1) is 0 Å². The molecule has 0 radical (unpaired) electrons. The van der Waals surface area contributed by atoms with E-state index in [9.17, 15) is 4.79 Å². The van der Waals surface area contributed by atoms with Gasteiger partial charge in [0.2, 0.25) is 6.79 Å². The predicted octanol–water partition coefficient (Wildman–Crippen LogP) is 4.70. The van der Waals surface area contributed by atoms with Crippen LogP contribution in [0.4, 0.5) is 0 Å². The summed E-state index contributed by atoms with van der Waals surface area (Å²) in [5.41, 5.74) is 2.15. The van der Waals surface area contributed by atoms with Gasteiger partial charge in [-0.1, -0.05) is 45.7 Å². The SMILES string of the molecule is C.C.C=CC(=O)OCOc1ccc(-c2ccc(OC)cc2)cc1. The Morgan fingerprint density at radius 3 is 1.87 bits per heavy atom. The topological polar surface area (TPSA) is 44.8 Å². The van der Waals surface area contributed by atoms with Crippen LogP contribution in [0.5, 0.6) is 11.5 Å². The van der Waals surface area contributed by atoms with Gasteiger partial charge in [-0.15, -0.1) is 0 Å². The van der Waals surface area contributed by atoms with E-state index in [1.165, 1.54) is 0 Å². The van der Waals surface area contributed by atoms with Gasteiger partial charge >= 0.3 is 5.97 Å². The van der Waals surface area contributed by atoms with E-state index in [0.717, 1.165) is 23.0 Å². The second-order valence-corrected chi connectivity index (χ2v) is 4.18. The van der Waals surface area contributed by atoms with E-state index in [-0.39, 0.29) is 21.6 Å². The lowest BCUT2D eigenvalue weighted by molar-refractivity contribution is -0.144. The molecule has 0 N–H and O–H groups in total. The maximum absolute atomic E-state index is 10.9. The van der Waals surface area contributed by atoms with Gasteiger partial charge in [0, 0.05) is 6.08 Å². The molecule has 124 valence electrons. The van der Waals surface area contributed by atoms with Gasteiger partial charge in [0.15, 0.2) is 0 Å². The standard InChI is InChI=1S/C17H16O4.2CH4/c1-3-17(18)21-12-20-16-10-6-14(7-11-16)13-4-8-15(19-2)9-5-13;;/h3-11H,1,12H2,2H3;2*1H4. The van der Waals surface area contributed by atoms with Crippen LogP contribution in [-0.4, -0.2) is 19.9 Å². The Kier molecular flexibility index (Phi) is 8.85. The average molecular weight is 316 g/mol. The lowest BCUT2D eigenvalue weighted by atomic mass is 10.1. The Bertz CT molecular complexity index is 600. The highest BCUT2D eigenvalue weighted by Crippen LogP contribution is 2.24. The van der Waals surface area contributed by atoms with Crippen LogP contribution in [0.25, 0.3) is 11.1 Å². The van der Waals surface area contributed by atoms with Crippen LogP contribution < -0.4 is 9.47 Å². The van der Waals surface area contributed by atoms with Crippen LogP contribution in [0.2, 0.25) is 0 Å². The highest BCUT2D eigenvalue weighted by atomic mass is 16.7. The van der Waals surface area contributed by atoms with Crippen molar-refractivity contribution in [2.45, 2.75) is 14.9 Å². The first kappa shape index (κ1) is 20.2. The molecule has 23 heavy (non-hydrogen) atoms. The smallest absolute Gasteiger partial charge is 0.333 e. The highest BCUT2D eigenvalue weighted by Gasteiger charge is 2.00. The zero-order valence-corrected chi connectivity index (χ0v) is 11.7. The number of hydrogen-bond acceptors (Lipinski definition) is 4. The van der Waals surface area contributed by atoms with E-state index in [1.807, 2.05) is 48.5 Å². The van der Waals surface area contributed by atoms with Crippen LogP contribution in [0.15, 0.2) is 61.2 Å². The Labute approximate surface area is 138 Å². The van der Waals surface area contributed by atoms with Crippen molar-refractivity contribution in [2.75, 3.05) is 13.9 Å². The van der Waals surface area contributed by atoms with E-state index in [4.69, 9.17) is 14.2 Å². The van der Waals surface area contributed by atoms with Gasteiger partial charge in [-0.25, -0.2) is 4.79 Å². The Hall–Kier alpha value is -2.75.